The Morgan fingerprint density at radius 2 is 2.31 bits per heavy atom. The van der Waals surface area contributed by atoms with Gasteiger partial charge < -0.3 is 5.32 Å². The first-order valence-electron chi connectivity index (χ1n) is 4.39. The van der Waals surface area contributed by atoms with Crippen LogP contribution in [-0.4, -0.2) is 17.4 Å². The van der Waals surface area contributed by atoms with Gasteiger partial charge in [-0.05, 0) is 6.07 Å². The van der Waals surface area contributed by atoms with Crippen molar-refractivity contribution in [3.05, 3.63) is 52.3 Å². The fourth-order valence-corrected chi connectivity index (χ4v) is 1.06. The number of nitro groups is 1. The molecule has 0 heterocycles. The predicted molar refractivity (Wildman–Crippen MR) is 55.6 cm³/mol. The molecule has 0 fully saturated rings. The number of hydrogen-bond donors (Lipinski definition) is 1. The zero-order chi connectivity index (χ0) is 12.1. The number of rotatable bonds is 4. The number of amides is 1. The molecule has 5 nitrogen and oxygen atoms in total. The van der Waals surface area contributed by atoms with Crippen LogP contribution >= 0.6 is 0 Å². The molecule has 0 bridgehead atoms. The molecule has 1 amide bonds. The number of nitrogens with zero attached hydrogens (tertiary/aromatic N) is 1. The first-order valence-corrected chi connectivity index (χ1v) is 4.39. The monoisotopic (exact) mass is 224 g/mol. The number of benzene rings is 1. The molecule has 0 radical (unpaired) electrons. The van der Waals surface area contributed by atoms with Crippen LogP contribution in [0.3, 0.4) is 0 Å². The Bertz CT molecular complexity index is 446. The number of hydrogen-bond acceptors (Lipinski definition) is 3. The average molecular weight is 224 g/mol. The summed E-state index contributed by atoms with van der Waals surface area (Å²) >= 11 is 0. The van der Waals surface area contributed by atoms with E-state index in [-0.39, 0.29) is 17.8 Å². The van der Waals surface area contributed by atoms with Gasteiger partial charge >= 0.3 is 0 Å². The summed E-state index contributed by atoms with van der Waals surface area (Å²) in [5, 5.41) is 12.8. The maximum absolute atomic E-state index is 13.2. The van der Waals surface area contributed by atoms with Gasteiger partial charge in [0.15, 0.2) is 0 Å². The quantitative estimate of drug-likeness (QED) is 0.480. The highest BCUT2D eigenvalue weighted by Crippen LogP contribution is 2.16. The van der Waals surface area contributed by atoms with Gasteiger partial charge in [-0.1, -0.05) is 6.08 Å². The van der Waals surface area contributed by atoms with Crippen molar-refractivity contribution < 1.29 is 14.1 Å². The Morgan fingerprint density at radius 3 is 2.88 bits per heavy atom. The van der Waals surface area contributed by atoms with Crippen LogP contribution in [0.15, 0.2) is 30.9 Å². The summed E-state index contributed by atoms with van der Waals surface area (Å²) in [6, 6.07) is 2.79. The van der Waals surface area contributed by atoms with Crippen molar-refractivity contribution in [3.63, 3.8) is 0 Å². The van der Waals surface area contributed by atoms with Crippen LogP contribution in [0.25, 0.3) is 0 Å². The minimum atomic E-state index is -0.799. The van der Waals surface area contributed by atoms with E-state index in [2.05, 4.69) is 11.9 Å². The van der Waals surface area contributed by atoms with Gasteiger partial charge in [-0.25, -0.2) is 4.39 Å². The lowest BCUT2D eigenvalue weighted by molar-refractivity contribution is -0.384. The third kappa shape index (κ3) is 2.63. The molecule has 0 saturated heterocycles. The van der Waals surface area contributed by atoms with Crippen molar-refractivity contribution in [1.82, 2.24) is 5.32 Å². The number of nitrogens with one attached hydrogen (secondary N) is 1. The SMILES string of the molecule is C=CCNC(=O)c1cc([N+](=O)[O-])ccc1F. The molecule has 0 atom stereocenters. The zero-order valence-corrected chi connectivity index (χ0v) is 8.27. The van der Waals surface area contributed by atoms with Crippen LogP contribution in [0.1, 0.15) is 10.4 Å². The molecule has 0 aliphatic rings. The molecule has 1 N–H and O–H groups in total. The normalized spacial score (nSPS) is 9.56. The van der Waals surface area contributed by atoms with Gasteiger partial charge in [0.05, 0.1) is 10.5 Å². The topological polar surface area (TPSA) is 72.2 Å². The minimum Gasteiger partial charge on any atom is -0.348 e. The highest BCUT2D eigenvalue weighted by molar-refractivity contribution is 5.95. The molecular formula is C10H9FN2O3. The molecule has 0 aliphatic heterocycles. The van der Waals surface area contributed by atoms with E-state index < -0.39 is 16.6 Å². The second-order valence-corrected chi connectivity index (χ2v) is 2.92. The Labute approximate surface area is 90.7 Å². The van der Waals surface area contributed by atoms with E-state index in [0.717, 1.165) is 18.2 Å². The van der Waals surface area contributed by atoms with E-state index in [0.29, 0.717) is 0 Å². The molecule has 1 rings (SSSR count). The summed E-state index contributed by atoms with van der Waals surface area (Å²) in [6.07, 6.45) is 1.42. The van der Waals surface area contributed by atoms with Crippen LogP contribution in [0, 0.1) is 15.9 Å². The predicted octanol–water partition coefficient (Wildman–Crippen LogP) is 1.65. The second-order valence-electron chi connectivity index (χ2n) is 2.92. The van der Waals surface area contributed by atoms with Crippen molar-refractivity contribution in [2.45, 2.75) is 0 Å². The summed E-state index contributed by atoms with van der Waals surface area (Å²) in [7, 11) is 0. The van der Waals surface area contributed by atoms with Crippen molar-refractivity contribution >= 4 is 11.6 Å². The lowest BCUT2D eigenvalue weighted by Gasteiger charge is -2.03. The number of non-ortho nitro benzene ring substituents is 1. The molecule has 0 unspecified atom stereocenters. The van der Waals surface area contributed by atoms with Gasteiger partial charge in [0.2, 0.25) is 0 Å². The maximum Gasteiger partial charge on any atom is 0.270 e. The maximum atomic E-state index is 13.2. The lowest BCUT2D eigenvalue weighted by atomic mass is 10.1. The van der Waals surface area contributed by atoms with Crippen molar-refractivity contribution in [3.8, 4) is 0 Å². The van der Waals surface area contributed by atoms with Gasteiger partial charge in [0.1, 0.15) is 5.82 Å². The van der Waals surface area contributed by atoms with E-state index in [4.69, 9.17) is 0 Å². The molecule has 1 aromatic carbocycles. The summed E-state index contributed by atoms with van der Waals surface area (Å²) in [5.41, 5.74) is -0.679. The Hall–Kier alpha value is -2.24. The second kappa shape index (κ2) is 5.01. The zero-order valence-electron chi connectivity index (χ0n) is 8.27. The smallest absolute Gasteiger partial charge is 0.270 e. The van der Waals surface area contributed by atoms with Gasteiger partial charge in [0, 0.05) is 18.7 Å². The highest BCUT2D eigenvalue weighted by Gasteiger charge is 2.15. The fraction of sp³-hybridized carbons (Fsp3) is 0.100. The molecule has 84 valence electrons. The highest BCUT2D eigenvalue weighted by atomic mass is 19.1. The van der Waals surface area contributed by atoms with E-state index in [1.807, 2.05) is 0 Å². The third-order valence-corrected chi connectivity index (χ3v) is 1.81. The molecule has 0 saturated carbocycles. The molecule has 16 heavy (non-hydrogen) atoms. The first kappa shape index (κ1) is 11.8. The van der Waals surface area contributed by atoms with Crippen molar-refractivity contribution in [1.29, 1.82) is 0 Å². The van der Waals surface area contributed by atoms with Crippen LogP contribution in [0.4, 0.5) is 10.1 Å². The van der Waals surface area contributed by atoms with E-state index in [9.17, 15) is 19.3 Å². The van der Waals surface area contributed by atoms with E-state index in [1.54, 1.807) is 0 Å². The molecule has 6 heteroatoms. The average Bonchev–Trinajstić information content (AvgIpc) is 2.26. The van der Waals surface area contributed by atoms with Gasteiger partial charge in [-0.3, -0.25) is 14.9 Å². The van der Waals surface area contributed by atoms with Crippen LogP contribution in [0.2, 0.25) is 0 Å². The molecule has 0 spiro atoms. The van der Waals surface area contributed by atoms with Gasteiger partial charge in [0.25, 0.3) is 11.6 Å². The van der Waals surface area contributed by atoms with Crippen LogP contribution < -0.4 is 5.32 Å². The lowest BCUT2D eigenvalue weighted by Crippen LogP contribution is -2.24. The summed E-state index contributed by atoms with van der Waals surface area (Å²) < 4.78 is 13.2. The molecule has 0 aliphatic carbocycles. The van der Waals surface area contributed by atoms with Gasteiger partial charge in [-0.2, -0.15) is 0 Å². The fourth-order valence-electron chi connectivity index (χ4n) is 1.06. The first-order chi connectivity index (χ1) is 7.56. The third-order valence-electron chi connectivity index (χ3n) is 1.81. The largest absolute Gasteiger partial charge is 0.348 e. The standard InChI is InChI=1S/C10H9FN2O3/c1-2-5-12-10(14)8-6-7(13(15)16)3-4-9(8)11/h2-4,6H,1,5H2,(H,12,14). The van der Waals surface area contributed by atoms with Crippen molar-refractivity contribution in [2.75, 3.05) is 6.54 Å². The van der Waals surface area contributed by atoms with Gasteiger partial charge in [-0.15, -0.1) is 6.58 Å². The molecular weight excluding hydrogens is 215 g/mol. The number of halogens is 1. The number of nitro benzene ring substituents is 1. The number of carbonyl (C=O) groups is 1. The summed E-state index contributed by atoms with van der Waals surface area (Å²) in [5.74, 6) is -1.51. The Balaban J connectivity index is 3.02. The van der Waals surface area contributed by atoms with Crippen LogP contribution in [-0.2, 0) is 0 Å². The Morgan fingerprint density at radius 1 is 1.62 bits per heavy atom. The van der Waals surface area contributed by atoms with E-state index in [1.165, 1.54) is 6.08 Å². The minimum absolute atomic E-state index is 0.168. The Kier molecular flexibility index (Phi) is 3.71. The summed E-state index contributed by atoms with van der Waals surface area (Å²) in [6.45, 7) is 3.55. The summed E-state index contributed by atoms with van der Waals surface area (Å²) in [4.78, 5) is 21.1. The number of carbonyl (C=O) groups excluding carboxylic acids is 1. The molecule has 0 aromatic heterocycles. The van der Waals surface area contributed by atoms with Crippen molar-refractivity contribution in [2.24, 2.45) is 0 Å². The van der Waals surface area contributed by atoms with Crippen LogP contribution in [0.5, 0.6) is 0 Å². The molecule has 1 aromatic rings. The van der Waals surface area contributed by atoms with E-state index >= 15 is 0 Å².